The Morgan fingerprint density at radius 2 is 1.68 bits per heavy atom. The molecule has 2 amide bonds. The number of nitrogens with zero attached hydrogens (tertiary/aromatic N) is 2. The highest BCUT2D eigenvalue weighted by Crippen LogP contribution is 2.28. The first kappa shape index (κ1) is 14.7. The first-order chi connectivity index (χ1) is 10.6. The molecule has 0 spiro atoms. The zero-order chi connectivity index (χ0) is 15.7. The number of anilines is 1. The zero-order valence-corrected chi connectivity index (χ0v) is 12.4. The van der Waals surface area contributed by atoms with Crippen molar-refractivity contribution in [2.75, 3.05) is 25.1 Å². The van der Waals surface area contributed by atoms with Crippen molar-refractivity contribution in [1.29, 1.82) is 0 Å². The van der Waals surface area contributed by atoms with Gasteiger partial charge in [-0.05, 0) is 24.3 Å². The summed E-state index contributed by atoms with van der Waals surface area (Å²) in [5, 5.41) is 0. The van der Waals surface area contributed by atoms with Crippen molar-refractivity contribution in [2.45, 2.75) is 25.3 Å². The second-order valence-corrected chi connectivity index (χ2v) is 5.56. The molecule has 0 radical (unpaired) electrons. The van der Waals surface area contributed by atoms with Gasteiger partial charge in [-0.3, -0.25) is 19.3 Å². The summed E-state index contributed by atoms with van der Waals surface area (Å²) in [6.45, 7) is 1.11. The molecule has 1 aromatic carbocycles. The van der Waals surface area contributed by atoms with E-state index in [-0.39, 0.29) is 24.0 Å². The van der Waals surface area contributed by atoms with Gasteiger partial charge in [0.1, 0.15) is 11.5 Å². The molecule has 0 bridgehead atoms. The molecule has 0 aromatic heterocycles. The van der Waals surface area contributed by atoms with E-state index in [1.165, 1.54) is 4.90 Å². The van der Waals surface area contributed by atoms with Crippen LogP contribution in [0.25, 0.3) is 0 Å². The standard InChI is InChI=1S/C16H18N2O4/c1-22-13-4-2-11(3-5-13)18-15(20)10-14(16(18)21)17-8-6-12(19)7-9-17/h2-5,14H,6-10H2,1H3/t14-/m0/s1. The Morgan fingerprint density at radius 1 is 1.05 bits per heavy atom. The Kier molecular flexibility index (Phi) is 3.94. The summed E-state index contributed by atoms with van der Waals surface area (Å²) < 4.78 is 5.08. The van der Waals surface area contributed by atoms with Gasteiger partial charge in [0.15, 0.2) is 0 Å². The molecule has 116 valence electrons. The largest absolute Gasteiger partial charge is 0.497 e. The van der Waals surface area contributed by atoms with Crippen LogP contribution in [0.3, 0.4) is 0 Å². The predicted molar refractivity (Wildman–Crippen MR) is 79.7 cm³/mol. The average molecular weight is 302 g/mol. The van der Waals surface area contributed by atoms with Crippen LogP contribution in [0, 0.1) is 0 Å². The van der Waals surface area contributed by atoms with E-state index < -0.39 is 6.04 Å². The summed E-state index contributed by atoms with van der Waals surface area (Å²) in [6, 6.07) is 6.42. The number of benzene rings is 1. The highest BCUT2D eigenvalue weighted by Gasteiger charge is 2.43. The molecular formula is C16H18N2O4. The van der Waals surface area contributed by atoms with Crippen molar-refractivity contribution < 1.29 is 19.1 Å². The third kappa shape index (κ3) is 2.62. The Labute approximate surface area is 128 Å². The first-order valence-corrected chi connectivity index (χ1v) is 7.37. The lowest BCUT2D eigenvalue weighted by Gasteiger charge is -2.29. The molecule has 0 N–H and O–H groups in total. The van der Waals surface area contributed by atoms with Crippen molar-refractivity contribution >= 4 is 23.3 Å². The minimum atomic E-state index is -0.442. The highest BCUT2D eigenvalue weighted by molar-refractivity contribution is 6.22. The van der Waals surface area contributed by atoms with Crippen LogP contribution in [0.5, 0.6) is 5.75 Å². The average Bonchev–Trinajstić information content (AvgIpc) is 2.83. The molecule has 6 heteroatoms. The van der Waals surface area contributed by atoms with Crippen molar-refractivity contribution in [3.63, 3.8) is 0 Å². The number of Topliss-reactive ketones (excluding diaryl/α,β-unsaturated/α-hetero) is 1. The van der Waals surface area contributed by atoms with E-state index in [1.807, 2.05) is 4.90 Å². The summed E-state index contributed by atoms with van der Waals surface area (Å²) in [4.78, 5) is 39.3. The smallest absolute Gasteiger partial charge is 0.251 e. The topological polar surface area (TPSA) is 66.9 Å². The van der Waals surface area contributed by atoms with Crippen molar-refractivity contribution in [1.82, 2.24) is 4.90 Å². The van der Waals surface area contributed by atoms with Gasteiger partial charge in [-0.2, -0.15) is 0 Å². The summed E-state index contributed by atoms with van der Waals surface area (Å²) in [6.07, 6.45) is 1.10. The SMILES string of the molecule is COc1ccc(N2C(=O)C[C@H](N3CCC(=O)CC3)C2=O)cc1. The number of carbonyl (C=O) groups is 3. The number of carbonyl (C=O) groups excluding carboxylic acids is 3. The number of likely N-dealkylation sites (tertiary alicyclic amines) is 1. The molecule has 0 saturated carbocycles. The van der Waals surface area contributed by atoms with Gasteiger partial charge in [0.2, 0.25) is 5.91 Å². The fourth-order valence-corrected chi connectivity index (χ4v) is 2.99. The highest BCUT2D eigenvalue weighted by atomic mass is 16.5. The zero-order valence-electron chi connectivity index (χ0n) is 12.4. The van der Waals surface area contributed by atoms with Crippen LogP contribution in [0.4, 0.5) is 5.69 Å². The summed E-state index contributed by atoms with van der Waals surface area (Å²) in [5.74, 6) is 0.496. The Bertz CT molecular complexity index is 601. The van der Waals surface area contributed by atoms with Crippen LogP contribution in [0.1, 0.15) is 19.3 Å². The molecule has 0 aliphatic carbocycles. The molecule has 2 heterocycles. The minimum Gasteiger partial charge on any atom is -0.497 e. The van der Waals surface area contributed by atoms with Gasteiger partial charge < -0.3 is 4.74 Å². The van der Waals surface area contributed by atoms with Crippen LogP contribution in [0.2, 0.25) is 0 Å². The van der Waals surface area contributed by atoms with E-state index in [2.05, 4.69) is 0 Å². The number of amides is 2. The second kappa shape index (κ2) is 5.88. The number of imide groups is 1. The molecule has 0 unspecified atom stereocenters. The van der Waals surface area contributed by atoms with Gasteiger partial charge in [0.05, 0.1) is 25.3 Å². The van der Waals surface area contributed by atoms with E-state index in [1.54, 1.807) is 31.4 Å². The Balaban J connectivity index is 1.77. The number of rotatable bonds is 3. The second-order valence-electron chi connectivity index (χ2n) is 5.56. The lowest BCUT2D eigenvalue weighted by Crippen LogP contribution is -2.46. The van der Waals surface area contributed by atoms with E-state index in [4.69, 9.17) is 4.74 Å². The number of hydrogen-bond donors (Lipinski definition) is 0. The third-order valence-electron chi connectivity index (χ3n) is 4.25. The van der Waals surface area contributed by atoms with Gasteiger partial charge >= 0.3 is 0 Å². The van der Waals surface area contributed by atoms with E-state index >= 15 is 0 Å². The van der Waals surface area contributed by atoms with E-state index in [0.717, 1.165) is 0 Å². The van der Waals surface area contributed by atoms with Crippen LogP contribution in [-0.4, -0.2) is 48.7 Å². The van der Waals surface area contributed by atoms with E-state index in [9.17, 15) is 14.4 Å². The van der Waals surface area contributed by atoms with Crippen LogP contribution >= 0.6 is 0 Å². The quantitative estimate of drug-likeness (QED) is 0.779. The molecule has 1 aromatic rings. The van der Waals surface area contributed by atoms with Crippen LogP contribution in [-0.2, 0) is 14.4 Å². The fraction of sp³-hybridized carbons (Fsp3) is 0.438. The fourth-order valence-electron chi connectivity index (χ4n) is 2.99. The van der Waals surface area contributed by atoms with Gasteiger partial charge in [-0.15, -0.1) is 0 Å². The van der Waals surface area contributed by atoms with Crippen LogP contribution < -0.4 is 9.64 Å². The Hall–Kier alpha value is -2.21. The number of piperidine rings is 1. The van der Waals surface area contributed by atoms with Gasteiger partial charge in [-0.1, -0.05) is 0 Å². The molecule has 2 aliphatic rings. The lowest BCUT2D eigenvalue weighted by atomic mass is 10.1. The summed E-state index contributed by atoms with van der Waals surface area (Å²) in [5.41, 5.74) is 0.561. The monoisotopic (exact) mass is 302 g/mol. The molecule has 2 aliphatic heterocycles. The number of methoxy groups -OCH3 is 1. The minimum absolute atomic E-state index is 0.180. The van der Waals surface area contributed by atoms with Gasteiger partial charge in [0.25, 0.3) is 5.91 Å². The van der Waals surface area contributed by atoms with Gasteiger partial charge in [0, 0.05) is 25.9 Å². The lowest BCUT2D eigenvalue weighted by molar-refractivity contribution is -0.127. The maximum Gasteiger partial charge on any atom is 0.251 e. The normalized spacial score (nSPS) is 23.2. The van der Waals surface area contributed by atoms with Crippen molar-refractivity contribution in [3.05, 3.63) is 24.3 Å². The van der Waals surface area contributed by atoms with Gasteiger partial charge in [-0.25, -0.2) is 4.90 Å². The Morgan fingerprint density at radius 3 is 2.27 bits per heavy atom. The molecule has 3 rings (SSSR count). The molecule has 2 fully saturated rings. The third-order valence-corrected chi connectivity index (χ3v) is 4.25. The van der Waals surface area contributed by atoms with E-state index in [0.29, 0.717) is 37.4 Å². The molecule has 6 nitrogen and oxygen atoms in total. The molecular weight excluding hydrogens is 284 g/mol. The number of ether oxygens (including phenoxy) is 1. The summed E-state index contributed by atoms with van der Waals surface area (Å²) in [7, 11) is 1.56. The number of ketones is 1. The van der Waals surface area contributed by atoms with Crippen molar-refractivity contribution in [2.24, 2.45) is 0 Å². The van der Waals surface area contributed by atoms with Crippen LogP contribution in [0.15, 0.2) is 24.3 Å². The number of hydrogen-bond acceptors (Lipinski definition) is 5. The van der Waals surface area contributed by atoms with Crippen molar-refractivity contribution in [3.8, 4) is 5.75 Å². The predicted octanol–water partition coefficient (Wildman–Crippen LogP) is 0.992. The summed E-state index contributed by atoms with van der Waals surface area (Å²) >= 11 is 0. The maximum absolute atomic E-state index is 12.6. The first-order valence-electron chi connectivity index (χ1n) is 7.37. The molecule has 22 heavy (non-hydrogen) atoms. The molecule has 2 saturated heterocycles. The maximum atomic E-state index is 12.6. The molecule has 1 atom stereocenters.